The van der Waals surface area contributed by atoms with Gasteiger partial charge >= 0.3 is 12.0 Å². The summed E-state index contributed by atoms with van der Waals surface area (Å²) in [6.07, 6.45) is 3.96. The Morgan fingerprint density at radius 1 is 1.19 bits per heavy atom. The van der Waals surface area contributed by atoms with Crippen LogP contribution in [0.1, 0.15) is 32.6 Å². The largest absolute Gasteiger partial charge is 0.481 e. The maximum Gasteiger partial charge on any atom is 0.317 e. The molecule has 1 saturated heterocycles. The molecule has 2 N–H and O–H groups in total. The van der Waals surface area contributed by atoms with Gasteiger partial charge in [0.15, 0.2) is 0 Å². The molecule has 6 nitrogen and oxygen atoms in total. The molecule has 2 unspecified atom stereocenters. The van der Waals surface area contributed by atoms with E-state index < -0.39 is 5.97 Å². The van der Waals surface area contributed by atoms with Gasteiger partial charge in [0.1, 0.15) is 0 Å². The fraction of sp³-hybridized carbons (Fsp3) is 0.867. The van der Waals surface area contributed by atoms with E-state index in [1.54, 1.807) is 0 Å². The highest BCUT2D eigenvalue weighted by Crippen LogP contribution is 2.30. The maximum atomic E-state index is 12.1. The summed E-state index contributed by atoms with van der Waals surface area (Å²) in [5.41, 5.74) is 0. The number of amides is 2. The zero-order valence-electron chi connectivity index (χ0n) is 12.9. The molecule has 0 radical (unpaired) electrons. The van der Waals surface area contributed by atoms with Crippen LogP contribution in [0.4, 0.5) is 4.79 Å². The van der Waals surface area contributed by atoms with E-state index in [9.17, 15) is 9.59 Å². The molecule has 6 heteroatoms. The monoisotopic (exact) mass is 297 g/mol. The summed E-state index contributed by atoms with van der Waals surface area (Å²) in [6, 6.07) is 0.0342. The van der Waals surface area contributed by atoms with Gasteiger partial charge < -0.3 is 15.3 Å². The van der Waals surface area contributed by atoms with Crippen molar-refractivity contribution in [2.45, 2.75) is 32.6 Å². The zero-order valence-corrected chi connectivity index (χ0v) is 12.9. The molecular formula is C15H27N3O3. The summed E-state index contributed by atoms with van der Waals surface area (Å²) in [5.74, 6) is 0.588. The van der Waals surface area contributed by atoms with Crippen LogP contribution < -0.4 is 5.32 Å². The molecule has 2 aliphatic rings. The Kier molecular flexibility index (Phi) is 5.85. The van der Waals surface area contributed by atoms with E-state index in [-0.39, 0.29) is 12.5 Å². The standard InChI is InChI=1S/C15H27N3O3/c1-12-3-2-4-13(12)11-16-15(21)18-9-7-17(8-10-18)6-5-14(19)20/h12-13H,2-11H2,1H3,(H,16,21)(H,19,20). The van der Waals surface area contributed by atoms with Gasteiger partial charge in [0.2, 0.25) is 0 Å². The van der Waals surface area contributed by atoms with Crippen LogP contribution in [0, 0.1) is 11.8 Å². The Balaban J connectivity index is 1.64. The van der Waals surface area contributed by atoms with Gasteiger partial charge in [-0.3, -0.25) is 9.69 Å². The van der Waals surface area contributed by atoms with Crippen molar-refractivity contribution in [1.29, 1.82) is 0 Å². The molecule has 0 aromatic carbocycles. The van der Waals surface area contributed by atoms with Crippen molar-refractivity contribution in [2.24, 2.45) is 11.8 Å². The molecule has 0 aromatic heterocycles. The highest BCUT2D eigenvalue weighted by atomic mass is 16.4. The highest BCUT2D eigenvalue weighted by Gasteiger charge is 2.25. The number of rotatable bonds is 5. The van der Waals surface area contributed by atoms with Crippen LogP contribution in [0.5, 0.6) is 0 Å². The molecule has 2 fully saturated rings. The van der Waals surface area contributed by atoms with Crippen LogP contribution in [0.15, 0.2) is 0 Å². The number of nitrogens with one attached hydrogen (secondary N) is 1. The number of urea groups is 1. The lowest BCUT2D eigenvalue weighted by Gasteiger charge is -2.34. The second-order valence-corrected chi connectivity index (χ2v) is 6.33. The smallest absolute Gasteiger partial charge is 0.317 e. The van der Waals surface area contributed by atoms with Gasteiger partial charge in [-0.05, 0) is 18.3 Å². The minimum atomic E-state index is -0.763. The second kappa shape index (κ2) is 7.64. The number of piperazine rings is 1. The Morgan fingerprint density at radius 2 is 1.90 bits per heavy atom. The van der Waals surface area contributed by atoms with Crippen LogP contribution in [-0.2, 0) is 4.79 Å². The van der Waals surface area contributed by atoms with E-state index in [2.05, 4.69) is 17.1 Å². The molecule has 120 valence electrons. The van der Waals surface area contributed by atoms with Crippen LogP contribution >= 0.6 is 0 Å². The molecule has 2 atom stereocenters. The number of carbonyl (C=O) groups excluding carboxylic acids is 1. The average Bonchev–Trinajstić information content (AvgIpc) is 2.88. The molecule has 1 saturated carbocycles. The lowest BCUT2D eigenvalue weighted by atomic mass is 9.98. The van der Waals surface area contributed by atoms with Crippen molar-refractivity contribution in [3.8, 4) is 0 Å². The van der Waals surface area contributed by atoms with Gasteiger partial charge in [-0.25, -0.2) is 4.79 Å². The zero-order chi connectivity index (χ0) is 15.2. The Bertz CT molecular complexity index is 367. The molecule has 0 bridgehead atoms. The fourth-order valence-electron chi connectivity index (χ4n) is 3.28. The quantitative estimate of drug-likeness (QED) is 0.800. The molecule has 0 aromatic rings. The minimum absolute atomic E-state index is 0.0342. The lowest BCUT2D eigenvalue weighted by molar-refractivity contribution is -0.137. The van der Waals surface area contributed by atoms with Gasteiger partial charge in [0.05, 0.1) is 6.42 Å². The molecule has 1 aliphatic carbocycles. The number of carbonyl (C=O) groups is 2. The van der Waals surface area contributed by atoms with Crippen molar-refractivity contribution in [2.75, 3.05) is 39.3 Å². The number of hydrogen-bond donors (Lipinski definition) is 2. The first-order valence-corrected chi connectivity index (χ1v) is 8.03. The molecule has 1 aliphatic heterocycles. The summed E-state index contributed by atoms with van der Waals surface area (Å²) in [5, 5.41) is 11.7. The Morgan fingerprint density at radius 3 is 2.48 bits per heavy atom. The minimum Gasteiger partial charge on any atom is -0.481 e. The van der Waals surface area contributed by atoms with Gasteiger partial charge in [-0.2, -0.15) is 0 Å². The van der Waals surface area contributed by atoms with E-state index in [1.807, 2.05) is 4.90 Å². The SMILES string of the molecule is CC1CCCC1CNC(=O)N1CCN(CCC(=O)O)CC1. The molecule has 0 spiro atoms. The van der Waals surface area contributed by atoms with Crippen molar-refractivity contribution in [1.82, 2.24) is 15.1 Å². The number of aliphatic carboxylic acids is 1. The first kappa shape index (κ1) is 16.1. The number of carboxylic acids is 1. The van der Waals surface area contributed by atoms with E-state index >= 15 is 0 Å². The summed E-state index contributed by atoms with van der Waals surface area (Å²) in [4.78, 5) is 26.6. The van der Waals surface area contributed by atoms with Crippen molar-refractivity contribution in [3.63, 3.8) is 0 Å². The molecule has 2 amide bonds. The Hall–Kier alpha value is -1.30. The van der Waals surface area contributed by atoms with Crippen LogP contribution in [0.3, 0.4) is 0 Å². The van der Waals surface area contributed by atoms with Crippen molar-refractivity contribution >= 4 is 12.0 Å². The van der Waals surface area contributed by atoms with Gasteiger partial charge in [0, 0.05) is 39.3 Å². The summed E-state index contributed by atoms with van der Waals surface area (Å²) in [7, 11) is 0. The highest BCUT2D eigenvalue weighted by molar-refractivity contribution is 5.74. The number of hydrogen-bond acceptors (Lipinski definition) is 3. The van der Waals surface area contributed by atoms with Crippen molar-refractivity contribution < 1.29 is 14.7 Å². The van der Waals surface area contributed by atoms with E-state index in [1.165, 1.54) is 19.3 Å². The van der Waals surface area contributed by atoms with Gasteiger partial charge in [0.25, 0.3) is 0 Å². The first-order valence-electron chi connectivity index (χ1n) is 8.03. The molecule has 1 heterocycles. The molecule has 2 rings (SSSR count). The summed E-state index contributed by atoms with van der Waals surface area (Å²) in [6.45, 7) is 6.53. The van der Waals surface area contributed by atoms with Gasteiger partial charge in [-0.1, -0.05) is 19.8 Å². The second-order valence-electron chi connectivity index (χ2n) is 6.33. The Labute approximate surface area is 126 Å². The third-order valence-corrected chi connectivity index (χ3v) is 4.86. The van der Waals surface area contributed by atoms with Crippen molar-refractivity contribution in [3.05, 3.63) is 0 Å². The molecule has 21 heavy (non-hydrogen) atoms. The summed E-state index contributed by atoms with van der Waals surface area (Å²) < 4.78 is 0. The lowest BCUT2D eigenvalue weighted by Crippen LogP contribution is -2.52. The number of nitrogens with zero attached hydrogens (tertiary/aromatic N) is 2. The summed E-state index contributed by atoms with van der Waals surface area (Å²) >= 11 is 0. The van der Waals surface area contributed by atoms with Crippen LogP contribution in [-0.4, -0.2) is 66.2 Å². The van der Waals surface area contributed by atoms with Gasteiger partial charge in [-0.15, -0.1) is 0 Å². The number of carboxylic acid groups (broad SMARTS) is 1. The fourth-order valence-corrected chi connectivity index (χ4v) is 3.28. The third kappa shape index (κ3) is 4.88. The average molecular weight is 297 g/mol. The van der Waals surface area contributed by atoms with E-state index in [0.29, 0.717) is 25.6 Å². The predicted molar refractivity (Wildman–Crippen MR) is 80.2 cm³/mol. The molecular weight excluding hydrogens is 270 g/mol. The normalized spacial score (nSPS) is 26.8. The van der Waals surface area contributed by atoms with E-state index in [4.69, 9.17) is 5.11 Å². The third-order valence-electron chi connectivity index (χ3n) is 4.86. The first-order chi connectivity index (χ1) is 10.1. The maximum absolute atomic E-state index is 12.1. The van der Waals surface area contributed by atoms with Crippen LogP contribution in [0.25, 0.3) is 0 Å². The topological polar surface area (TPSA) is 72.9 Å². The predicted octanol–water partition coefficient (Wildman–Crippen LogP) is 1.22. The van der Waals surface area contributed by atoms with Crippen LogP contribution in [0.2, 0.25) is 0 Å². The van der Waals surface area contributed by atoms with E-state index in [0.717, 1.165) is 25.6 Å².